The topological polar surface area (TPSA) is 24.1 Å². The largest absolute Gasteiger partial charge is 0.383 e. The summed E-state index contributed by atoms with van der Waals surface area (Å²) in [6.07, 6.45) is 5.51. The molecule has 2 aromatic rings. The molecule has 1 fully saturated rings. The molecular formula is C17H22N2. The summed E-state index contributed by atoms with van der Waals surface area (Å²) in [6, 6.07) is 15.7. The minimum atomic E-state index is 0.759. The van der Waals surface area contributed by atoms with Crippen LogP contribution >= 0.6 is 0 Å². The molecule has 2 nitrogen and oxygen atoms in total. The van der Waals surface area contributed by atoms with Crippen LogP contribution in [0, 0.1) is 0 Å². The molecule has 0 radical (unpaired) electrons. The minimum absolute atomic E-state index is 0.759. The van der Waals surface area contributed by atoms with Gasteiger partial charge in [-0.05, 0) is 24.3 Å². The van der Waals surface area contributed by atoms with Gasteiger partial charge in [0.2, 0.25) is 0 Å². The van der Waals surface area contributed by atoms with Gasteiger partial charge < -0.3 is 10.6 Å². The third-order valence-electron chi connectivity index (χ3n) is 4.02. The summed E-state index contributed by atoms with van der Waals surface area (Å²) < 4.78 is 0. The number of benzene rings is 2. The van der Waals surface area contributed by atoms with Crippen molar-refractivity contribution in [2.75, 3.05) is 18.4 Å². The Bertz CT molecular complexity index is 524. The SMILES string of the molecule is c1ccc2c(NCCNC3CCCC3)cccc2c1. The van der Waals surface area contributed by atoms with Crippen LogP contribution < -0.4 is 10.6 Å². The monoisotopic (exact) mass is 254 g/mol. The van der Waals surface area contributed by atoms with Crippen molar-refractivity contribution in [3.63, 3.8) is 0 Å². The molecule has 1 aliphatic rings. The molecule has 0 amide bonds. The van der Waals surface area contributed by atoms with Gasteiger partial charge in [-0.25, -0.2) is 0 Å². The van der Waals surface area contributed by atoms with Crippen LogP contribution in [0.5, 0.6) is 0 Å². The van der Waals surface area contributed by atoms with Gasteiger partial charge in [-0.3, -0.25) is 0 Å². The molecule has 0 saturated heterocycles. The predicted octanol–water partition coefficient (Wildman–Crippen LogP) is 3.78. The van der Waals surface area contributed by atoms with Crippen molar-refractivity contribution in [3.05, 3.63) is 42.5 Å². The van der Waals surface area contributed by atoms with Crippen molar-refractivity contribution in [2.24, 2.45) is 0 Å². The van der Waals surface area contributed by atoms with E-state index in [1.165, 1.54) is 42.1 Å². The Morgan fingerprint density at radius 1 is 0.895 bits per heavy atom. The van der Waals surface area contributed by atoms with Crippen molar-refractivity contribution in [1.29, 1.82) is 0 Å². The van der Waals surface area contributed by atoms with Gasteiger partial charge >= 0.3 is 0 Å². The second kappa shape index (κ2) is 6.07. The van der Waals surface area contributed by atoms with Gasteiger partial charge in [-0.2, -0.15) is 0 Å². The predicted molar refractivity (Wildman–Crippen MR) is 82.7 cm³/mol. The molecule has 0 unspecified atom stereocenters. The molecule has 0 spiro atoms. The van der Waals surface area contributed by atoms with Crippen LogP contribution in [0.4, 0.5) is 5.69 Å². The molecule has 0 bridgehead atoms. The number of hydrogen-bond donors (Lipinski definition) is 2. The first kappa shape index (κ1) is 12.5. The van der Waals surface area contributed by atoms with Gasteiger partial charge in [0.25, 0.3) is 0 Å². The maximum Gasteiger partial charge on any atom is 0.0420 e. The van der Waals surface area contributed by atoms with Crippen molar-refractivity contribution in [3.8, 4) is 0 Å². The summed E-state index contributed by atoms with van der Waals surface area (Å²) in [5, 5.41) is 9.80. The van der Waals surface area contributed by atoms with Crippen LogP contribution in [0.1, 0.15) is 25.7 Å². The summed E-state index contributed by atoms with van der Waals surface area (Å²) in [5.74, 6) is 0. The third-order valence-corrected chi connectivity index (χ3v) is 4.02. The molecule has 2 heteroatoms. The Morgan fingerprint density at radius 3 is 2.58 bits per heavy atom. The Hall–Kier alpha value is -1.54. The summed E-state index contributed by atoms with van der Waals surface area (Å²) in [4.78, 5) is 0. The maximum absolute atomic E-state index is 3.64. The van der Waals surface area contributed by atoms with E-state index in [1.54, 1.807) is 0 Å². The fourth-order valence-electron chi connectivity index (χ4n) is 2.98. The van der Waals surface area contributed by atoms with Crippen molar-refractivity contribution in [1.82, 2.24) is 5.32 Å². The molecule has 2 N–H and O–H groups in total. The van der Waals surface area contributed by atoms with Gasteiger partial charge in [0.05, 0.1) is 0 Å². The van der Waals surface area contributed by atoms with E-state index in [2.05, 4.69) is 53.1 Å². The summed E-state index contributed by atoms with van der Waals surface area (Å²) in [7, 11) is 0. The van der Waals surface area contributed by atoms with E-state index in [4.69, 9.17) is 0 Å². The van der Waals surface area contributed by atoms with Gasteiger partial charge in [0.1, 0.15) is 0 Å². The number of nitrogens with one attached hydrogen (secondary N) is 2. The van der Waals surface area contributed by atoms with E-state index in [9.17, 15) is 0 Å². The number of hydrogen-bond acceptors (Lipinski definition) is 2. The maximum atomic E-state index is 3.64. The summed E-state index contributed by atoms with van der Waals surface area (Å²) in [6.45, 7) is 2.04. The standard InChI is InChI=1S/C17H22N2/c1-4-10-16-14(6-1)7-5-11-17(16)19-13-12-18-15-8-2-3-9-15/h1,4-7,10-11,15,18-19H,2-3,8-9,12-13H2. The molecule has 100 valence electrons. The average molecular weight is 254 g/mol. The molecule has 0 atom stereocenters. The number of rotatable bonds is 5. The highest BCUT2D eigenvalue weighted by Gasteiger charge is 2.13. The highest BCUT2D eigenvalue weighted by Crippen LogP contribution is 2.22. The summed E-state index contributed by atoms with van der Waals surface area (Å²) in [5.41, 5.74) is 1.24. The van der Waals surface area contributed by atoms with Crippen LogP contribution in [-0.2, 0) is 0 Å². The molecule has 2 aromatic carbocycles. The third kappa shape index (κ3) is 3.07. The molecule has 1 aliphatic carbocycles. The number of fused-ring (bicyclic) bond motifs is 1. The molecule has 19 heavy (non-hydrogen) atoms. The van der Waals surface area contributed by atoms with Gasteiger partial charge in [-0.1, -0.05) is 49.2 Å². The molecule has 1 saturated carbocycles. The van der Waals surface area contributed by atoms with Crippen LogP contribution in [0.3, 0.4) is 0 Å². The zero-order valence-corrected chi connectivity index (χ0v) is 11.4. The van der Waals surface area contributed by atoms with Crippen molar-refractivity contribution >= 4 is 16.5 Å². The lowest BCUT2D eigenvalue weighted by atomic mass is 10.1. The zero-order chi connectivity index (χ0) is 12.9. The van der Waals surface area contributed by atoms with Crippen LogP contribution in [0.15, 0.2) is 42.5 Å². The lowest BCUT2D eigenvalue weighted by Gasteiger charge is -2.13. The highest BCUT2D eigenvalue weighted by molar-refractivity contribution is 5.93. The molecule has 0 aliphatic heterocycles. The Balaban J connectivity index is 1.56. The number of anilines is 1. The zero-order valence-electron chi connectivity index (χ0n) is 11.4. The molecule has 0 heterocycles. The van der Waals surface area contributed by atoms with Gasteiger partial charge in [-0.15, -0.1) is 0 Å². The van der Waals surface area contributed by atoms with E-state index in [-0.39, 0.29) is 0 Å². The first-order valence-electron chi connectivity index (χ1n) is 7.38. The average Bonchev–Trinajstić information content (AvgIpc) is 2.97. The van der Waals surface area contributed by atoms with E-state index in [0.29, 0.717) is 0 Å². The first-order chi connectivity index (χ1) is 9.43. The smallest absolute Gasteiger partial charge is 0.0420 e. The summed E-state index contributed by atoms with van der Waals surface area (Å²) >= 11 is 0. The second-order valence-corrected chi connectivity index (χ2v) is 5.39. The van der Waals surface area contributed by atoms with E-state index in [1.807, 2.05) is 0 Å². The van der Waals surface area contributed by atoms with E-state index in [0.717, 1.165) is 19.1 Å². The van der Waals surface area contributed by atoms with Gasteiger partial charge in [0.15, 0.2) is 0 Å². The fraction of sp³-hybridized carbons (Fsp3) is 0.412. The van der Waals surface area contributed by atoms with E-state index < -0.39 is 0 Å². The normalized spacial score (nSPS) is 16.0. The lowest BCUT2D eigenvalue weighted by molar-refractivity contribution is 0.536. The minimum Gasteiger partial charge on any atom is -0.383 e. The van der Waals surface area contributed by atoms with Gasteiger partial charge in [0, 0.05) is 30.2 Å². The van der Waals surface area contributed by atoms with Crippen LogP contribution in [0.25, 0.3) is 10.8 Å². The molecule has 3 rings (SSSR count). The Labute approximate surface area is 115 Å². The Kier molecular flexibility index (Phi) is 3.99. The lowest BCUT2D eigenvalue weighted by Crippen LogP contribution is -2.30. The van der Waals surface area contributed by atoms with Crippen molar-refractivity contribution < 1.29 is 0 Å². The van der Waals surface area contributed by atoms with Crippen LogP contribution in [-0.4, -0.2) is 19.1 Å². The Morgan fingerprint density at radius 2 is 1.68 bits per heavy atom. The molecular weight excluding hydrogens is 232 g/mol. The fourth-order valence-corrected chi connectivity index (χ4v) is 2.98. The first-order valence-corrected chi connectivity index (χ1v) is 7.38. The molecule has 0 aromatic heterocycles. The van der Waals surface area contributed by atoms with Crippen molar-refractivity contribution in [2.45, 2.75) is 31.7 Å². The quantitative estimate of drug-likeness (QED) is 0.793. The van der Waals surface area contributed by atoms with E-state index >= 15 is 0 Å². The van der Waals surface area contributed by atoms with Crippen LogP contribution in [0.2, 0.25) is 0 Å². The highest BCUT2D eigenvalue weighted by atomic mass is 15.0. The second-order valence-electron chi connectivity index (χ2n) is 5.39.